The molecule has 5 nitrogen and oxygen atoms in total. The minimum absolute atomic E-state index is 0.0924. The lowest BCUT2D eigenvalue weighted by atomic mass is 10.1. The maximum Gasteiger partial charge on any atom is 0.239 e. The second-order valence-corrected chi connectivity index (χ2v) is 6.00. The fourth-order valence-corrected chi connectivity index (χ4v) is 3.36. The summed E-state index contributed by atoms with van der Waals surface area (Å²) in [6.07, 6.45) is 3.35. The Bertz CT molecular complexity index is 304. The maximum atomic E-state index is 12.3. The van der Waals surface area contributed by atoms with Gasteiger partial charge in [-0.05, 0) is 31.7 Å². The molecule has 108 valence electrons. The van der Waals surface area contributed by atoms with E-state index < -0.39 is 0 Å². The molecule has 3 rings (SSSR count). The Hall–Kier alpha value is -0.650. The van der Waals surface area contributed by atoms with E-state index in [-0.39, 0.29) is 6.04 Å². The van der Waals surface area contributed by atoms with Crippen molar-refractivity contribution in [1.29, 1.82) is 0 Å². The van der Waals surface area contributed by atoms with E-state index in [4.69, 9.17) is 4.74 Å². The molecule has 3 fully saturated rings. The van der Waals surface area contributed by atoms with Crippen molar-refractivity contribution in [3.63, 3.8) is 0 Å². The first-order valence-corrected chi connectivity index (χ1v) is 7.65. The summed E-state index contributed by atoms with van der Waals surface area (Å²) in [4.78, 5) is 16.8. The van der Waals surface area contributed by atoms with Gasteiger partial charge in [-0.1, -0.05) is 0 Å². The number of carbonyl (C=O) groups is 1. The molecule has 0 radical (unpaired) electrons. The molecule has 0 aromatic rings. The molecule has 3 aliphatic rings. The second kappa shape index (κ2) is 6.20. The number of amides is 1. The standard InChI is InChI=1S/C14H25N3O2/c18-14(13-2-1-4-15-13)17-7-5-16(6-8-17)10-12-3-9-19-11-12/h12-13,15H,1-11H2/t12?,13-/m0/s1. The van der Waals surface area contributed by atoms with Gasteiger partial charge in [0.05, 0.1) is 12.6 Å². The summed E-state index contributed by atoms with van der Waals surface area (Å²) < 4.78 is 5.43. The van der Waals surface area contributed by atoms with E-state index in [1.54, 1.807) is 0 Å². The van der Waals surface area contributed by atoms with Gasteiger partial charge < -0.3 is 15.0 Å². The fraction of sp³-hybridized carbons (Fsp3) is 0.929. The van der Waals surface area contributed by atoms with Crippen LogP contribution in [0.2, 0.25) is 0 Å². The first-order valence-electron chi connectivity index (χ1n) is 7.65. The highest BCUT2D eigenvalue weighted by Crippen LogP contribution is 2.16. The predicted octanol–water partition coefficient (Wildman–Crippen LogP) is -0.0809. The van der Waals surface area contributed by atoms with Gasteiger partial charge in [0.25, 0.3) is 0 Å². The van der Waals surface area contributed by atoms with E-state index in [9.17, 15) is 4.79 Å². The first kappa shape index (κ1) is 13.3. The third-order valence-corrected chi connectivity index (χ3v) is 4.58. The largest absolute Gasteiger partial charge is 0.381 e. The summed E-state index contributed by atoms with van der Waals surface area (Å²) in [7, 11) is 0. The van der Waals surface area contributed by atoms with Gasteiger partial charge >= 0.3 is 0 Å². The van der Waals surface area contributed by atoms with Gasteiger partial charge in [-0.2, -0.15) is 0 Å². The van der Waals surface area contributed by atoms with Crippen LogP contribution >= 0.6 is 0 Å². The molecule has 0 bridgehead atoms. The van der Waals surface area contributed by atoms with E-state index in [0.717, 1.165) is 65.3 Å². The van der Waals surface area contributed by atoms with Gasteiger partial charge in [-0.3, -0.25) is 9.69 Å². The summed E-state index contributed by atoms with van der Waals surface area (Å²) in [5.74, 6) is 1.03. The Morgan fingerprint density at radius 1 is 1.21 bits per heavy atom. The van der Waals surface area contributed by atoms with Gasteiger partial charge in [0.15, 0.2) is 0 Å². The highest BCUT2D eigenvalue weighted by atomic mass is 16.5. The SMILES string of the molecule is O=C([C@@H]1CCCN1)N1CCN(CC2CCOC2)CC1. The lowest BCUT2D eigenvalue weighted by Crippen LogP contribution is -2.53. The van der Waals surface area contributed by atoms with Crippen molar-refractivity contribution in [2.24, 2.45) is 5.92 Å². The normalized spacial score (nSPS) is 32.9. The number of hydrogen-bond acceptors (Lipinski definition) is 4. The topological polar surface area (TPSA) is 44.8 Å². The van der Waals surface area contributed by atoms with Crippen molar-refractivity contribution in [1.82, 2.24) is 15.1 Å². The van der Waals surface area contributed by atoms with Gasteiger partial charge in [0.1, 0.15) is 0 Å². The van der Waals surface area contributed by atoms with Crippen LogP contribution in [-0.2, 0) is 9.53 Å². The smallest absolute Gasteiger partial charge is 0.239 e. The molecule has 1 N–H and O–H groups in total. The molecule has 2 atom stereocenters. The third-order valence-electron chi connectivity index (χ3n) is 4.58. The zero-order valence-corrected chi connectivity index (χ0v) is 11.6. The average molecular weight is 267 g/mol. The molecule has 1 amide bonds. The molecule has 0 spiro atoms. The highest BCUT2D eigenvalue weighted by Gasteiger charge is 2.30. The van der Waals surface area contributed by atoms with Crippen LogP contribution in [0.4, 0.5) is 0 Å². The minimum atomic E-state index is 0.0924. The molecule has 3 saturated heterocycles. The number of rotatable bonds is 3. The molecule has 0 aliphatic carbocycles. The van der Waals surface area contributed by atoms with Gasteiger partial charge in [-0.15, -0.1) is 0 Å². The third kappa shape index (κ3) is 3.27. The number of nitrogens with one attached hydrogen (secondary N) is 1. The molecule has 0 saturated carbocycles. The summed E-state index contributed by atoms with van der Waals surface area (Å²) in [5, 5.41) is 3.30. The average Bonchev–Trinajstić information content (AvgIpc) is 3.12. The molecule has 19 heavy (non-hydrogen) atoms. The van der Waals surface area contributed by atoms with Gasteiger partial charge in [0.2, 0.25) is 5.91 Å². The Morgan fingerprint density at radius 2 is 2.05 bits per heavy atom. The molecule has 0 aromatic carbocycles. The fourth-order valence-electron chi connectivity index (χ4n) is 3.36. The van der Waals surface area contributed by atoms with E-state index in [1.165, 1.54) is 6.42 Å². The quantitative estimate of drug-likeness (QED) is 0.777. The molecule has 0 aromatic heterocycles. The van der Waals surface area contributed by atoms with Gasteiger partial charge in [0, 0.05) is 39.3 Å². The van der Waals surface area contributed by atoms with Crippen LogP contribution in [0.25, 0.3) is 0 Å². The number of nitrogens with zero attached hydrogens (tertiary/aromatic N) is 2. The highest BCUT2D eigenvalue weighted by molar-refractivity contribution is 5.82. The lowest BCUT2D eigenvalue weighted by molar-refractivity contribution is -0.134. The predicted molar refractivity (Wildman–Crippen MR) is 73.0 cm³/mol. The van der Waals surface area contributed by atoms with Crippen molar-refractivity contribution in [3.8, 4) is 0 Å². The Balaban J connectivity index is 1.42. The summed E-state index contributed by atoms with van der Waals surface area (Å²) in [5.41, 5.74) is 0. The Labute approximate surface area is 115 Å². The van der Waals surface area contributed by atoms with Crippen LogP contribution in [0, 0.1) is 5.92 Å². The van der Waals surface area contributed by atoms with E-state index in [2.05, 4.69) is 10.2 Å². The second-order valence-electron chi connectivity index (χ2n) is 6.00. The van der Waals surface area contributed by atoms with Crippen molar-refractivity contribution in [3.05, 3.63) is 0 Å². The Morgan fingerprint density at radius 3 is 2.68 bits per heavy atom. The molecule has 5 heteroatoms. The van der Waals surface area contributed by atoms with E-state index >= 15 is 0 Å². The first-order chi connectivity index (χ1) is 9.33. The van der Waals surface area contributed by atoms with E-state index in [1.807, 2.05) is 4.90 Å². The maximum absolute atomic E-state index is 12.3. The van der Waals surface area contributed by atoms with Crippen LogP contribution in [-0.4, -0.2) is 74.2 Å². The molecular weight excluding hydrogens is 242 g/mol. The van der Waals surface area contributed by atoms with Crippen molar-refractivity contribution in [2.75, 3.05) is 52.5 Å². The number of hydrogen-bond donors (Lipinski definition) is 1. The minimum Gasteiger partial charge on any atom is -0.381 e. The summed E-state index contributed by atoms with van der Waals surface area (Å²) in [6.45, 7) is 7.82. The van der Waals surface area contributed by atoms with Crippen LogP contribution < -0.4 is 5.32 Å². The van der Waals surface area contributed by atoms with Crippen LogP contribution in [0.3, 0.4) is 0 Å². The van der Waals surface area contributed by atoms with Crippen LogP contribution in [0.1, 0.15) is 19.3 Å². The number of ether oxygens (including phenoxy) is 1. The molecule has 3 heterocycles. The Kier molecular flexibility index (Phi) is 4.35. The van der Waals surface area contributed by atoms with Crippen LogP contribution in [0.5, 0.6) is 0 Å². The zero-order valence-electron chi connectivity index (χ0n) is 11.6. The zero-order chi connectivity index (χ0) is 13.1. The molecule has 1 unspecified atom stereocenters. The van der Waals surface area contributed by atoms with Crippen molar-refractivity contribution >= 4 is 5.91 Å². The van der Waals surface area contributed by atoms with Gasteiger partial charge in [-0.25, -0.2) is 0 Å². The number of piperazine rings is 1. The summed E-state index contributed by atoms with van der Waals surface area (Å²) in [6, 6.07) is 0.0924. The molecule has 3 aliphatic heterocycles. The monoisotopic (exact) mass is 267 g/mol. The molecular formula is C14H25N3O2. The lowest BCUT2D eigenvalue weighted by Gasteiger charge is -2.36. The van der Waals surface area contributed by atoms with Crippen molar-refractivity contribution in [2.45, 2.75) is 25.3 Å². The van der Waals surface area contributed by atoms with Crippen LogP contribution in [0.15, 0.2) is 0 Å². The number of carbonyl (C=O) groups excluding carboxylic acids is 1. The van der Waals surface area contributed by atoms with Crippen molar-refractivity contribution < 1.29 is 9.53 Å². The summed E-state index contributed by atoms with van der Waals surface area (Å²) >= 11 is 0. The van der Waals surface area contributed by atoms with E-state index in [0.29, 0.717) is 11.8 Å².